The van der Waals surface area contributed by atoms with Crippen LogP contribution in [0.4, 0.5) is 0 Å². The molecule has 13 heavy (non-hydrogen) atoms. The molecule has 0 fully saturated rings. The number of amides is 1. The number of rotatable bonds is 2. The summed E-state index contributed by atoms with van der Waals surface area (Å²) in [6.07, 6.45) is 6.65. The Labute approximate surface area is 90.1 Å². The van der Waals surface area contributed by atoms with Gasteiger partial charge in [0.05, 0.1) is 12.1 Å². The molecule has 0 saturated carbocycles. The Morgan fingerprint density at radius 2 is 2.54 bits per heavy atom. The summed E-state index contributed by atoms with van der Waals surface area (Å²) in [5.74, 6) is 2.15. The zero-order valence-electron chi connectivity index (χ0n) is 6.75. The van der Waals surface area contributed by atoms with Crippen molar-refractivity contribution in [2.75, 3.05) is 6.54 Å². The molecule has 0 bridgehead atoms. The van der Waals surface area contributed by atoms with Crippen LogP contribution in [-0.2, 0) is 0 Å². The minimum atomic E-state index is -0.185. The summed E-state index contributed by atoms with van der Waals surface area (Å²) in [7, 11) is 0. The topological polar surface area (TPSA) is 42.0 Å². The normalized spacial score (nSPS) is 8.92. The summed E-state index contributed by atoms with van der Waals surface area (Å²) < 4.78 is 0.676. The summed E-state index contributed by atoms with van der Waals surface area (Å²) >= 11 is 2.00. The number of nitrogens with one attached hydrogen (secondary N) is 1. The van der Waals surface area contributed by atoms with Crippen LogP contribution >= 0.6 is 22.6 Å². The van der Waals surface area contributed by atoms with Gasteiger partial charge >= 0.3 is 0 Å². The smallest absolute Gasteiger partial charge is 0.254 e. The molecule has 0 saturated heterocycles. The van der Waals surface area contributed by atoms with Gasteiger partial charge in [-0.05, 0) is 34.7 Å². The standard InChI is InChI=1S/C9H7IN2O/c1-2-5-12-9(13)7-4-3-6-11-8(7)10/h1,3-4,6H,5H2,(H,12,13). The number of carbonyl (C=O) groups is 1. The molecular formula is C9H7IN2O. The summed E-state index contributed by atoms with van der Waals surface area (Å²) in [6, 6.07) is 3.42. The molecule has 0 aliphatic heterocycles. The van der Waals surface area contributed by atoms with E-state index in [0.29, 0.717) is 9.26 Å². The van der Waals surface area contributed by atoms with Crippen molar-refractivity contribution in [2.45, 2.75) is 0 Å². The van der Waals surface area contributed by atoms with Crippen molar-refractivity contribution in [3.8, 4) is 12.3 Å². The van der Waals surface area contributed by atoms with Crippen LogP contribution in [-0.4, -0.2) is 17.4 Å². The Kier molecular flexibility index (Phi) is 3.71. The number of aromatic nitrogens is 1. The van der Waals surface area contributed by atoms with Crippen molar-refractivity contribution in [2.24, 2.45) is 0 Å². The lowest BCUT2D eigenvalue weighted by Crippen LogP contribution is -2.24. The van der Waals surface area contributed by atoms with Gasteiger partial charge in [-0.1, -0.05) is 5.92 Å². The van der Waals surface area contributed by atoms with E-state index >= 15 is 0 Å². The molecule has 3 nitrogen and oxygen atoms in total. The average Bonchev–Trinajstić information content (AvgIpc) is 2.15. The zero-order chi connectivity index (χ0) is 9.68. The molecular weight excluding hydrogens is 279 g/mol. The van der Waals surface area contributed by atoms with Crippen molar-refractivity contribution in [3.05, 3.63) is 27.6 Å². The molecule has 1 amide bonds. The molecule has 0 atom stereocenters. The van der Waals surface area contributed by atoms with Gasteiger partial charge in [-0.15, -0.1) is 6.42 Å². The first-order valence-corrected chi connectivity index (χ1v) is 4.65. The lowest BCUT2D eigenvalue weighted by atomic mass is 10.3. The van der Waals surface area contributed by atoms with E-state index in [-0.39, 0.29) is 12.5 Å². The number of pyridine rings is 1. The van der Waals surface area contributed by atoms with Crippen LogP contribution in [0.3, 0.4) is 0 Å². The van der Waals surface area contributed by atoms with Crippen LogP contribution in [0.15, 0.2) is 18.3 Å². The highest BCUT2D eigenvalue weighted by Crippen LogP contribution is 2.07. The number of carbonyl (C=O) groups excluding carboxylic acids is 1. The summed E-state index contributed by atoms with van der Waals surface area (Å²) in [4.78, 5) is 15.4. The Hall–Kier alpha value is -1.09. The van der Waals surface area contributed by atoms with Gasteiger partial charge in [-0.2, -0.15) is 0 Å². The van der Waals surface area contributed by atoms with Crippen LogP contribution in [0, 0.1) is 16.0 Å². The minimum Gasteiger partial charge on any atom is -0.341 e. The van der Waals surface area contributed by atoms with Gasteiger partial charge in [-0.25, -0.2) is 4.98 Å². The highest BCUT2D eigenvalue weighted by molar-refractivity contribution is 14.1. The minimum absolute atomic E-state index is 0.185. The molecule has 1 N–H and O–H groups in total. The molecule has 1 aromatic heterocycles. The highest BCUT2D eigenvalue weighted by Gasteiger charge is 2.07. The van der Waals surface area contributed by atoms with E-state index in [4.69, 9.17) is 6.42 Å². The SMILES string of the molecule is C#CCNC(=O)c1cccnc1I. The first-order valence-electron chi connectivity index (χ1n) is 3.58. The first kappa shape index (κ1) is 9.99. The van der Waals surface area contributed by atoms with Crippen LogP contribution in [0.25, 0.3) is 0 Å². The third-order valence-corrected chi connectivity index (χ3v) is 2.21. The van der Waals surface area contributed by atoms with Crippen LogP contribution in [0.1, 0.15) is 10.4 Å². The monoisotopic (exact) mass is 286 g/mol. The van der Waals surface area contributed by atoms with E-state index in [1.165, 1.54) is 0 Å². The molecule has 0 aromatic carbocycles. The van der Waals surface area contributed by atoms with E-state index in [0.717, 1.165) is 0 Å². The fourth-order valence-electron chi connectivity index (χ4n) is 0.782. The highest BCUT2D eigenvalue weighted by atomic mass is 127. The molecule has 1 rings (SSSR count). The maximum atomic E-state index is 11.4. The summed E-state index contributed by atoms with van der Waals surface area (Å²) in [5.41, 5.74) is 0.554. The lowest BCUT2D eigenvalue weighted by Gasteiger charge is -2.02. The predicted molar refractivity (Wildman–Crippen MR) is 58.1 cm³/mol. The molecule has 66 valence electrons. The Bertz CT molecular complexity index is 357. The third-order valence-electron chi connectivity index (χ3n) is 1.35. The zero-order valence-corrected chi connectivity index (χ0v) is 8.91. The van der Waals surface area contributed by atoms with Gasteiger partial charge < -0.3 is 5.32 Å². The number of hydrogen-bond acceptors (Lipinski definition) is 2. The van der Waals surface area contributed by atoms with Crippen molar-refractivity contribution < 1.29 is 4.79 Å². The van der Waals surface area contributed by atoms with Gasteiger partial charge in [0.1, 0.15) is 3.70 Å². The van der Waals surface area contributed by atoms with Crippen LogP contribution in [0.2, 0.25) is 0 Å². The summed E-state index contributed by atoms with van der Waals surface area (Å²) in [6.45, 7) is 0.240. The molecule has 1 heterocycles. The molecule has 4 heteroatoms. The Morgan fingerprint density at radius 1 is 1.77 bits per heavy atom. The number of nitrogens with zero attached hydrogens (tertiary/aromatic N) is 1. The maximum Gasteiger partial charge on any atom is 0.254 e. The van der Waals surface area contributed by atoms with Crippen molar-refractivity contribution >= 4 is 28.5 Å². The van der Waals surface area contributed by atoms with Gasteiger partial charge in [0, 0.05) is 6.20 Å². The third kappa shape index (κ3) is 2.70. The second kappa shape index (κ2) is 4.82. The predicted octanol–water partition coefficient (Wildman–Crippen LogP) is 1.05. The van der Waals surface area contributed by atoms with Gasteiger partial charge in [0.15, 0.2) is 0 Å². The second-order valence-corrected chi connectivity index (χ2v) is 3.25. The second-order valence-electron chi connectivity index (χ2n) is 2.23. The fraction of sp³-hybridized carbons (Fsp3) is 0.111. The number of halogens is 1. The number of hydrogen-bond donors (Lipinski definition) is 1. The van der Waals surface area contributed by atoms with Crippen molar-refractivity contribution in [1.82, 2.24) is 10.3 Å². The lowest BCUT2D eigenvalue weighted by molar-refractivity contribution is 0.0957. The quantitative estimate of drug-likeness (QED) is 0.501. The Morgan fingerprint density at radius 3 is 3.15 bits per heavy atom. The van der Waals surface area contributed by atoms with E-state index in [1.807, 2.05) is 22.6 Å². The van der Waals surface area contributed by atoms with Crippen molar-refractivity contribution in [3.63, 3.8) is 0 Å². The molecule has 1 aromatic rings. The fourth-order valence-corrected chi connectivity index (χ4v) is 1.37. The Balaban J connectivity index is 2.78. The van der Waals surface area contributed by atoms with Gasteiger partial charge in [0.25, 0.3) is 5.91 Å². The van der Waals surface area contributed by atoms with Crippen molar-refractivity contribution in [1.29, 1.82) is 0 Å². The van der Waals surface area contributed by atoms with Crippen LogP contribution in [0.5, 0.6) is 0 Å². The van der Waals surface area contributed by atoms with Gasteiger partial charge in [0.2, 0.25) is 0 Å². The van der Waals surface area contributed by atoms with Crippen LogP contribution < -0.4 is 5.32 Å². The summed E-state index contributed by atoms with van der Waals surface area (Å²) in [5, 5.41) is 2.57. The first-order chi connectivity index (χ1) is 6.25. The largest absolute Gasteiger partial charge is 0.341 e. The molecule has 0 unspecified atom stereocenters. The van der Waals surface area contributed by atoms with E-state index in [9.17, 15) is 4.79 Å². The van der Waals surface area contributed by atoms with E-state index in [2.05, 4.69) is 16.2 Å². The molecule has 0 aliphatic carbocycles. The van der Waals surface area contributed by atoms with E-state index < -0.39 is 0 Å². The van der Waals surface area contributed by atoms with E-state index in [1.54, 1.807) is 18.3 Å². The molecule has 0 radical (unpaired) electrons. The maximum absolute atomic E-state index is 11.4. The number of terminal acetylenes is 1. The average molecular weight is 286 g/mol. The molecule has 0 spiro atoms. The van der Waals surface area contributed by atoms with Gasteiger partial charge in [-0.3, -0.25) is 4.79 Å². The molecule has 0 aliphatic rings.